The summed E-state index contributed by atoms with van der Waals surface area (Å²) < 4.78 is 0. The Bertz CT molecular complexity index is 595. The molecule has 7 heteroatoms. The second-order valence-electron chi connectivity index (χ2n) is 3.63. The van der Waals surface area contributed by atoms with Gasteiger partial charge in [-0.1, -0.05) is 35.5 Å². The highest BCUT2D eigenvalue weighted by molar-refractivity contribution is 7.13. The van der Waals surface area contributed by atoms with E-state index in [-0.39, 0.29) is 12.3 Å². The summed E-state index contributed by atoms with van der Waals surface area (Å²) in [6.45, 7) is 0.247. The summed E-state index contributed by atoms with van der Waals surface area (Å²) in [5, 5.41) is 5.67. The number of aromatic nitrogens is 1. The first-order chi connectivity index (χ1) is 9.16. The van der Waals surface area contributed by atoms with Gasteiger partial charge in [0.2, 0.25) is 0 Å². The number of nitrogens with two attached hydrogens (primary N) is 2. The number of hydrogen-bond donors (Lipinski definition) is 2. The van der Waals surface area contributed by atoms with E-state index in [0.717, 1.165) is 5.56 Å². The monoisotopic (exact) mass is 276 g/mol. The largest absolute Gasteiger partial charge is 0.390 e. The third kappa shape index (κ3) is 3.52. The summed E-state index contributed by atoms with van der Waals surface area (Å²) in [5.74, 6) is -0.710. The average molecular weight is 276 g/mol. The molecule has 2 aromatic rings. The number of hydrogen-bond acceptors (Lipinski definition) is 6. The first kappa shape index (κ1) is 13.0. The maximum Gasteiger partial charge on any atom is 0.273 e. The van der Waals surface area contributed by atoms with Crippen molar-refractivity contribution in [1.82, 2.24) is 4.98 Å². The maximum atomic E-state index is 11.3. The second-order valence-corrected chi connectivity index (χ2v) is 4.52. The normalized spacial score (nSPS) is 11.3. The molecule has 1 amide bonds. The van der Waals surface area contributed by atoms with Gasteiger partial charge >= 0.3 is 0 Å². The standard InChI is InChI=1S/C12H12N4O2S/c13-11(17)10(9-7-19-12(14)15-9)16-18-6-8-4-2-1-3-5-8/h1-5,7H,6H2,(H2,13,17)(H2,14,15)/b16-10+. The molecule has 6 nitrogen and oxygen atoms in total. The quantitative estimate of drug-likeness (QED) is 0.631. The number of nitrogens with zero attached hydrogens (tertiary/aromatic N) is 2. The van der Waals surface area contributed by atoms with Crippen LogP contribution in [-0.2, 0) is 16.2 Å². The molecule has 4 N–H and O–H groups in total. The van der Waals surface area contributed by atoms with Crippen LogP contribution < -0.4 is 11.5 Å². The molecule has 0 bridgehead atoms. The lowest BCUT2D eigenvalue weighted by molar-refractivity contribution is -0.112. The van der Waals surface area contributed by atoms with E-state index in [1.54, 1.807) is 5.38 Å². The minimum absolute atomic E-state index is 0.0381. The zero-order valence-corrected chi connectivity index (χ0v) is 10.8. The summed E-state index contributed by atoms with van der Waals surface area (Å²) in [5.41, 5.74) is 11.9. The molecule has 0 atom stereocenters. The van der Waals surface area contributed by atoms with Crippen molar-refractivity contribution in [1.29, 1.82) is 0 Å². The van der Waals surface area contributed by atoms with Crippen LogP contribution in [0.2, 0.25) is 0 Å². The van der Waals surface area contributed by atoms with Gasteiger partial charge in [-0.25, -0.2) is 4.98 Å². The van der Waals surface area contributed by atoms with Gasteiger partial charge in [-0.2, -0.15) is 0 Å². The predicted octanol–water partition coefficient (Wildman–Crippen LogP) is 1.13. The molecule has 0 aliphatic heterocycles. The number of carbonyl (C=O) groups is 1. The summed E-state index contributed by atoms with van der Waals surface area (Å²) in [6, 6.07) is 9.46. The van der Waals surface area contributed by atoms with E-state index >= 15 is 0 Å². The zero-order valence-electron chi connectivity index (χ0n) is 9.95. The number of nitrogen functional groups attached to an aromatic ring is 1. The molecule has 1 aromatic carbocycles. The highest BCUT2D eigenvalue weighted by Crippen LogP contribution is 2.12. The molecule has 0 spiro atoms. The van der Waals surface area contributed by atoms with Crippen molar-refractivity contribution in [3.8, 4) is 0 Å². The molecule has 0 aliphatic carbocycles. The van der Waals surface area contributed by atoms with Crippen molar-refractivity contribution >= 4 is 28.1 Å². The predicted molar refractivity (Wildman–Crippen MR) is 73.5 cm³/mol. The van der Waals surface area contributed by atoms with E-state index in [9.17, 15) is 4.79 Å². The molecule has 1 heterocycles. The Labute approximate surface area is 113 Å². The van der Waals surface area contributed by atoms with Crippen LogP contribution in [0.5, 0.6) is 0 Å². The Hall–Kier alpha value is -2.41. The third-order valence-electron chi connectivity index (χ3n) is 2.23. The van der Waals surface area contributed by atoms with Gasteiger partial charge in [0.15, 0.2) is 10.8 Å². The van der Waals surface area contributed by atoms with Crippen molar-refractivity contribution in [2.45, 2.75) is 6.61 Å². The molecule has 98 valence electrons. The first-order valence-electron chi connectivity index (χ1n) is 5.42. The van der Waals surface area contributed by atoms with Crippen LogP contribution in [0.3, 0.4) is 0 Å². The SMILES string of the molecule is NC(=O)/C(=N/OCc1ccccc1)c1csc(N)n1. The molecule has 2 rings (SSSR count). The molecular weight excluding hydrogens is 264 g/mol. The van der Waals surface area contributed by atoms with E-state index in [2.05, 4.69) is 10.1 Å². The van der Waals surface area contributed by atoms with Gasteiger partial charge in [0.1, 0.15) is 12.3 Å². The fraction of sp³-hybridized carbons (Fsp3) is 0.0833. The van der Waals surface area contributed by atoms with E-state index in [4.69, 9.17) is 16.3 Å². The Balaban J connectivity index is 2.08. The van der Waals surface area contributed by atoms with Crippen molar-refractivity contribution in [3.05, 3.63) is 47.0 Å². The van der Waals surface area contributed by atoms with E-state index in [0.29, 0.717) is 10.8 Å². The zero-order chi connectivity index (χ0) is 13.7. The number of anilines is 1. The summed E-state index contributed by atoms with van der Waals surface area (Å²) in [6.07, 6.45) is 0. The van der Waals surface area contributed by atoms with Crippen molar-refractivity contribution in [3.63, 3.8) is 0 Å². The Morgan fingerprint density at radius 2 is 2.11 bits per heavy atom. The van der Waals surface area contributed by atoms with Crippen LogP contribution in [0.1, 0.15) is 11.3 Å². The minimum Gasteiger partial charge on any atom is -0.390 e. The summed E-state index contributed by atoms with van der Waals surface area (Å²) in [4.78, 5) is 20.3. The molecule has 0 saturated carbocycles. The van der Waals surface area contributed by atoms with Crippen molar-refractivity contribution in [2.75, 3.05) is 5.73 Å². The maximum absolute atomic E-state index is 11.3. The Morgan fingerprint density at radius 1 is 1.37 bits per heavy atom. The summed E-state index contributed by atoms with van der Waals surface area (Å²) in [7, 11) is 0. The second kappa shape index (κ2) is 5.96. The van der Waals surface area contributed by atoms with E-state index in [1.165, 1.54) is 11.3 Å². The lowest BCUT2D eigenvalue weighted by atomic mass is 10.2. The number of rotatable bonds is 5. The Kier molecular flexibility index (Phi) is 4.09. The smallest absolute Gasteiger partial charge is 0.273 e. The molecule has 0 saturated heterocycles. The van der Waals surface area contributed by atoms with E-state index in [1.807, 2.05) is 30.3 Å². The molecule has 19 heavy (non-hydrogen) atoms. The van der Waals surface area contributed by atoms with E-state index < -0.39 is 5.91 Å². The first-order valence-corrected chi connectivity index (χ1v) is 6.30. The minimum atomic E-state index is -0.710. The molecule has 1 aromatic heterocycles. The van der Waals surface area contributed by atoms with Crippen molar-refractivity contribution < 1.29 is 9.63 Å². The topological polar surface area (TPSA) is 104 Å². The van der Waals surface area contributed by atoms with Gasteiger partial charge in [-0.05, 0) is 5.56 Å². The summed E-state index contributed by atoms with van der Waals surface area (Å²) >= 11 is 1.20. The van der Waals surface area contributed by atoms with Gasteiger partial charge in [0.05, 0.1) is 0 Å². The number of oxime groups is 1. The van der Waals surface area contributed by atoms with Crippen LogP contribution in [0.25, 0.3) is 0 Å². The van der Waals surface area contributed by atoms with Gasteiger partial charge < -0.3 is 16.3 Å². The molecule has 0 unspecified atom stereocenters. The molecular formula is C12H12N4O2S. The lowest BCUT2D eigenvalue weighted by Gasteiger charge is -2.01. The van der Waals surface area contributed by atoms with Crippen molar-refractivity contribution in [2.24, 2.45) is 10.9 Å². The van der Waals surface area contributed by atoms with Crippen LogP contribution in [0, 0.1) is 0 Å². The molecule has 0 fully saturated rings. The van der Waals surface area contributed by atoms with Gasteiger partial charge in [-0.15, -0.1) is 11.3 Å². The number of thiazole rings is 1. The number of benzene rings is 1. The third-order valence-corrected chi connectivity index (χ3v) is 2.90. The van der Waals surface area contributed by atoms with Crippen LogP contribution in [-0.4, -0.2) is 16.6 Å². The molecule has 0 radical (unpaired) electrons. The Morgan fingerprint density at radius 3 is 2.68 bits per heavy atom. The number of carbonyl (C=O) groups excluding carboxylic acids is 1. The number of amides is 1. The van der Waals surface area contributed by atoms with Crippen LogP contribution >= 0.6 is 11.3 Å². The van der Waals surface area contributed by atoms with Gasteiger partial charge in [-0.3, -0.25) is 4.79 Å². The number of primary amides is 1. The average Bonchev–Trinajstić information content (AvgIpc) is 2.82. The highest BCUT2D eigenvalue weighted by Gasteiger charge is 2.14. The highest BCUT2D eigenvalue weighted by atomic mass is 32.1. The molecule has 0 aliphatic rings. The fourth-order valence-corrected chi connectivity index (χ4v) is 1.91. The van der Waals surface area contributed by atoms with Crippen LogP contribution in [0.15, 0.2) is 40.9 Å². The lowest BCUT2D eigenvalue weighted by Crippen LogP contribution is -2.25. The van der Waals surface area contributed by atoms with Gasteiger partial charge in [0.25, 0.3) is 5.91 Å². The fourth-order valence-electron chi connectivity index (χ4n) is 1.36. The van der Waals surface area contributed by atoms with Gasteiger partial charge in [0, 0.05) is 5.38 Å². The van der Waals surface area contributed by atoms with Crippen LogP contribution in [0.4, 0.5) is 5.13 Å².